The fourth-order valence-corrected chi connectivity index (χ4v) is 0.497. The molecule has 0 heterocycles. The summed E-state index contributed by atoms with van der Waals surface area (Å²) in [6, 6.07) is -1.31. The van der Waals surface area contributed by atoms with E-state index in [9.17, 15) is 14.0 Å². The summed E-state index contributed by atoms with van der Waals surface area (Å²) in [5, 5.41) is 10.0. The zero-order valence-corrected chi connectivity index (χ0v) is 5.93. The number of halogens is 1. The number of carbonyl (C=O) groups excluding carboxylic acids is 2. The molecule has 0 bridgehead atoms. The Hall–Kier alpha value is -1.17. The van der Waals surface area contributed by atoms with Gasteiger partial charge in [0.1, 0.15) is 12.7 Å². The van der Waals surface area contributed by atoms with E-state index in [0.717, 1.165) is 6.92 Å². The molecule has 2 amide bonds. The molecule has 0 fully saturated rings. The Kier molecular flexibility index (Phi) is 4.12. The summed E-state index contributed by atoms with van der Waals surface area (Å²) in [6.45, 7) is 0.0965. The van der Waals surface area contributed by atoms with E-state index in [1.54, 1.807) is 0 Å². The first kappa shape index (κ1) is 9.83. The SMILES string of the molecule is CC(=O)NC(CF)C(=O)NO. The van der Waals surface area contributed by atoms with Crippen LogP contribution in [-0.4, -0.2) is 29.7 Å². The topological polar surface area (TPSA) is 78.4 Å². The normalized spacial score (nSPS) is 11.9. The van der Waals surface area contributed by atoms with Gasteiger partial charge >= 0.3 is 0 Å². The summed E-state index contributed by atoms with van der Waals surface area (Å²) in [5.74, 6) is -1.50. The number of hydrogen-bond acceptors (Lipinski definition) is 3. The maximum Gasteiger partial charge on any atom is 0.268 e. The van der Waals surface area contributed by atoms with E-state index in [0.29, 0.717) is 0 Å². The molecule has 0 aliphatic carbocycles. The highest BCUT2D eigenvalue weighted by molar-refractivity contribution is 5.86. The molecule has 0 saturated heterocycles. The van der Waals surface area contributed by atoms with Crippen molar-refractivity contribution in [1.29, 1.82) is 0 Å². The van der Waals surface area contributed by atoms with E-state index in [1.165, 1.54) is 5.48 Å². The second kappa shape index (κ2) is 4.62. The highest BCUT2D eigenvalue weighted by Crippen LogP contribution is 1.84. The Balaban J connectivity index is 3.94. The minimum absolute atomic E-state index is 0.531. The molecule has 11 heavy (non-hydrogen) atoms. The number of hydroxylamine groups is 1. The fourth-order valence-electron chi connectivity index (χ4n) is 0.497. The van der Waals surface area contributed by atoms with Crippen LogP contribution in [0.15, 0.2) is 0 Å². The molecule has 0 aromatic heterocycles. The van der Waals surface area contributed by atoms with Gasteiger partial charge in [-0.1, -0.05) is 0 Å². The molecule has 0 saturated carbocycles. The van der Waals surface area contributed by atoms with Crippen molar-refractivity contribution in [3.8, 4) is 0 Å². The minimum Gasteiger partial charge on any atom is -0.342 e. The highest BCUT2D eigenvalue weighted by atomic mass is 19.1. The van der Waals surface area contributed by atoms with Gasteiger partial charge in [0.2, 0.25) is 5.91 Å². The Morgan fingerprint density at radius 2 is 2.18 bits per heavy atom. The molecular formula is C5H9FN2O3. The van der Waals surface area contributed by atoms with Gasteiger partial charge in [-0.3, -0.25) is 14.8 Å². The molecule has 1 atom stereocenters. The predicted octanol–water partition coefficient (Wildman–Crippen LogP) is -1.03. The van der Waals surface area contributed by atoms with Crippen molar-refractivity contribution < 1.29 is 19.2 Å². The zero-order chi connectivity index (χ0) is 8.85. The van der Waals surface area contributed by atoms with Gasteiger partial charge in [0.15, 0.2) is 0 Å². The molecular weight excluding hydrogens is 155 g/mol. The zero-order valence-electron chi connectivity index (χ0n) is 5.93. The molecule has 0 radical (unpaired) electrons. The molecule has 5 nitrogen and oxygen atoms in total. The predicted molar refractivity (Wildman–Crippen MR) is 33.5 cm³/mol. The molecule has 0 aliphatic rings. The standard InChI is InChI=1S/C5H9FN2O3/c1-3(9)7-4(2-6)5(10)8-11/h4,11H,2H2,1H3,(H,7,9)(H,8,10). The Morgan fingerprint density at radius 1 is 1.64 bits per heavy atom. The van der Waals surface area contributed by atoms with E-state index >= 15 is 0 Å². The minimum atomic E-state index is -1.31. The van der Waals surface area contributed by atoms with Crippen molar-refractivity contribution in [3.63, 3.8) is 0 Å². The van der Waals surface area contributed by atoms with Crippen LogP contribution in [0.1, 0.15) is 6.92 Å². The van der Waals surface area contributed by atoms with E-state index < -0.39 is 24.5 Å². The molecule has 0 aromatic rings. The average molecular weight is 164 g/mol. The fraction of sp³-hybridized carbons (Fsp3) is 0.600. The molecule has 0 aliphatic heterocycles. The van der Waals surface area contributed by atoms with Crippen LogP contribution in [0.3, 0.4) is 0 Å². The first-order valence-corrected chi connectivity index (χ1v) is 2.88. The maximum absolute atomic E-state index is 11.9. The Morgan fingerprint density at radius 3 is 2.45 bits per heavy atom. The third-order valence-electron chi connectivity index (χ3n) is 0.958. The average Bonchev–Trinajstić information content (AvgIpc) is 1.98. The summed E-state index contributed by atoms with van der Waals surface area (Å²) in [4.78, 5) is 20.8. The number of amides is 2. The van der Waals surface area contributed by atoms with E-state index in [-0.39, 0.29) is 0 Å². The van der Waals surface area contributed by atoms with Crippen molar-refractivity contribution in [3.05, 3.63) is 0 Å². The first-order chi connectivity index (χ1) is 5.11. The van der Waals surface area contributed by atoms with Crippen LogP contribution in [0.5, 0.6) is 0 Å². The van der Waals surface area contributed by atoms with Gasteiger partial charge in [0.05, 0.1) is 0 Å². The molecule has 1 unspecified atom stereocenters. The second-order valence-electron chi connectivity index (χ2n) is 1.88. The second-order valence-corrected chi connectivity index (χ2v) is 1.88. The number of alkyl halides is 1. The van der Waals surface area contributed by atoms with Crippen LogP contribution in [-0.2, 0) is 9.59 Å². The summed E-state index contributed by atoms with van der Waals surface area (Å²) in [7, 11) is 0. The van der Waals surface area contributed by atoms with Crippen molar-refractivity contribution in [2.45, 2.75) is 13.0 Å². The summed E-state index contributed by atoms with van der Waals surface area (Å²) in [6.07, 6.45) is 0. The number of rotatable bonds is 3. The first-order valence-electron chi connectivity index (χ1n) is 2.88. The number of hydrogen-bond donors (Lipinski definition) is 3. The molecule has 0 spiro atoms. The lowest BCUT2D eigenvalue weighted by Crippen LogP contribution is -2.46. The van der Waals surface area contributed by atoms with Crippen LogP contribution >= 0.6 is 0 Å². The Labute approximate surface area is 62.5 Å². The van der Waals surface area contributed by atoms with Crippen LogP contribution in [0.25, 0.3) is 0 Å². The lowest BCUT2D eigenvalue weighted by Gasteiger charge is -2.10. The van der Waals surface area contributed by atoms with Crippen molar-refractivity contribution in [2.75, 3.05) is 6.67 Å². The largest absolute Gasteiger partial charge is 0.342 e. The Bertz CT molecular complexity index is 162. The van der Waals surface area contributed by atoms with E-state index in [4.69, 9.17) is 5.21 Å². The van der Waals surface area contributed by atoms with Crippen LogP contribution in [0.2, 0.25) is 0 Å². The van der Waals surface area contributed by atoms with Crippen LogP contribution in [0.4, 0.5) is 4.39 Å². The van der Waals surface area contributed by atoms with Gasteiger partial charge in [-0.2, -0.15) is 0 Å². The number of carbonyl (C=O) groups is 2. The van der Waals surface area contributed by atoms with E-state index in [2.05, 4.69) is 0 Å². The van der Waals surface area contributed by atoms with Gasteiger partial charge < -0.3 is 5.32 Å². The van der Waals surface area contributed by atoms with Gasteiger partial charge in [0.25, 0.3) is 5.91 Å². The highest BCUT2D eigenvalue weighted by Gasteiger charge is 2.17. The smallest absolute Gasteiger partial charge is 0.268 e. The van der Waals surface area contributed by atoms with Crippen LogP contribution < -0.4 is 10.8 Å². The van der Waals surface area contributed by atoms with Crippen molar-refractivity contribution >= 4 is 11.8 Å². The summed E-state index contributed by atoms with van der Waals surface area (Å²) < 4.78 is 11.9. The summed E-state index contributed by atoms with van der Waals surface area (Å²) in [5.41, 5.74) is 1.23. The lowest BCUT2D eigenvalue weighted by molar-refractivity contribution is -0.134. The van der Waals surface area contributed by atoms with E-state index in [1.807, 2.05) is 5.32 Å². The number of nitrogens with one attached hydrogen (secondary N) is 2. The monoisotopic (exact) mass is 164 g/mol. The molecule has 3 N–H and O–H groups in total. The van der Waals surface area contributed by atoms with Gasteiger partial charge in [0, 0.05) is 6.92 Å². The van der Waals surface area contributed by atoms with Crippen molar-refractivity contribution in [1.82, 2.24) is 10.8 Å². The van der Waals surface area contributed by atoms with Gasteiger partial charge in [-0.15, -0.1) is 0 Å². The quantitative estimate of drug-likeness (QED) is 0.368. The third kappa shape index (κ3) is 3.51. The maximum atomic E-state index is 11.9. The summed E-state index contributed by atoms with van der Waals surface area (Å²) >= 11 is 0. The molecule has 0 aromatic carbocycles. The van der Waals surface area contributed by atoms with Crippen molar-refractivity contribution in [2.24, 2.45) is 0 Å². The molecule has 0 rings (SSSR count). The molecule has 6 heteroatoms. The lowest BCUT2D eigenvalue weighted by atomic mass is 10.3. The van der Waals surface area contributed by atoms with Crippen LogP contribution in [0, 0.1) is 0 Å². The van der Waals surface area contributed by atoms with Gasteiger partial charge in [-0.05, 0) is 0 Å². The third-order valence-corrected chi connectivity index (χ3v) is 0.958. The van der Waals surface area contributed by atoms with Gasteiger partial charge in [-0.25, -0.2) is 9.87 Å². The molecule has 64 valence electrons.